The molecule has 9 heteroatoms. The summed E-state index contributed by atoms with van der Waals surface area (Å²) in [6.07, 6.45) is 9.09. The van der Waals surface area contributed by atoms with Crippen molar-refractivity contribution >= 4 is 41.8 Å². The Morgan fingerprint density at radius 1 is 1.17 bits per heavy atom. The van der Waals surface area contributed by atoms with Gasteiger partial charge in [0.2, 0.25) is 0 Å². The third-order valence-electron chi connectivity index (χ3n) is 5.12. The van der Waals surface area contributed by atoms with E-state index < -0.39 is 5.60 Å². The number of aromatic nitrogens is 3. The molecular weight excluding hydrogens is 478 g/mol. The molecule has 2 N–H and O–H groups in total. The Morgan fingerprint density at radius 2 is 1.89 bits per heavy atom. The third-order valence-corrected chi connectivity index (χ3v) is 6.39. The molecule has 0 aliphatic heterocycles. The van der Waals surface area contributed by atoms with Crippen LogP contribution in [0.15, 0.2) is 76.5 Å². The van der Waals surface area contributed by atoms with E-state index >= 15 is 0 Å². The van der Waals surface area contributed by atoms with Crippen LogP contribution < -0.4 is 5.32 Å². The van der Waals surface area contributed by atoms with Crippen LogP contribution in [0.5, 0.6) is 0 Å². The molecule has 0 fully saturated rings. The molecule has 0 radical (unpaired) electrons. The summed E-state index contributed by atoms with van der Waals surface area (Å²) in [5.74, 6) is -0.321. The van der Waals surface area contributed by atoms with Crippen LogP contribution in [0, 0.1) is 0 Å². The van der Waals surface area contributed by atoms with Crippen LogP contribution in [-0.4, -0.2) is 44.3 Å². The minimum absolute atomic E-state index is 0.321. The Bertz CT molecular complexity index is 1330. The number of hydrogen-bond donors (Lipinski definition) is 3. The maximum Gasteiger partial charge on any atom is 0.275 e. The summed E-state index contributed by atoms with van der Waals surface area (Å²) >= 11 is 6.03. The van der Waals surface area contributed by atoms with E-state index in [0.717, 1.165) is 27.3 Å². The van der Waals surface area contributed by atoms with Crippen molar-refractivity contribution in [2.24, 2.45) is 4.99 Å². The summed E-state index contributed by atoms with van der Waals surface area (Å²) in [5.41, 5.74) is 3.37. The fraction of sp³-hybridized carbons (Fsp3) is 0.192. The van der Waals surface area contributed by atoms with E-state index in [1.54, 1.807) is 50.2 Å². The molecule has 1 aromatic carbocycles. The van der Waals surface area contributed by atoms with Gasteiger partial charge in [-0.05, 0) is 50.6 Å². The van der Waals surface area contributed by atoms with Crippen molar-refractivity contribution in [3.8, 4) is 21.7 Å². The van der Waals surface area contributed by atoms with E-state index in [1.165, 1.54) is 11.3 Å². The predicted molar refractivity (Wildman–Crippen MR) is 144 cm³/mol. The molecule has 0 bridgehead atoms. The van der Waals surface area contributed by atoms with Crippen LogP contribution >= 0.6 is 24.0 Å². The minimum Gasteiger partial charge on any atom is -0.390 e. The summed E-state index contributed by atoms with van der Waals surface area (Å²) in [7, 11) is 0. The topological polar surface area (TPSA) is 100 Å². The summed E-state index contributed by atoms with van der Waals surface area (Å²) in [5, 5.41) is 15.4. The second kappa shape index (κ2) is 10.9. The van der Waals surface area contributed by atoms with Crippen LogP contribution in [0.3, 0.4) is 0 Å². The number of nitrogens with zero attached hydrogens (tertiary/aromatic N) is 4. The normalized spacial score (nSPS) is 11.7. The number of amides is 1. The first-order chi connectivity index (χ1) is 16.8. The standard InChI is InChI=1S/C26H25N5O2S2/c1-26(2,33)7-10-29-15-19-11-21(20(12-23(19)34)17-5-3-8-27-13-17)30-24(32)22-16-35-25(31-22)18-6-4-9-28-14-18/h3-6,8-9,11-16,33-34H,7,10H2,1-2H3,(H,30,32). The Labute approximate surface area is 213 Å². The number of carbonyl (C=O) groups excluding carboxylic acids is 1. The zero-order valence-electron chi connectivity index (χ0n) is 19.3. The summed E-state index contributed by atoms with van der Waals surface area (Å²) in [6, 6.07) is 11.2. The van der Waals surface area contributed by atoms with Crippen molar-refractivity contribution in [2.45, 2.75) is 30.8 Å². The molecule has 4 rings (SSSR count). The van der Waals surface area contributed by atoms with E-state index in [9.17, 15) is 9.90 Å². The van der Waals surface area contributed by atoms with E-state index in [4.69, 9.17) is 0 Å². The molecule has 0 aliphatic carbocycles. The number of rotatable bonds is 8. The molecule has 0 saturated heterocycles. The van der Waals surface area contributed by atoms with Crippen molar-refractivity contribution in [3.05, 3.63) is 77.8 Å². The van der Waals surface area contributed by atoms with Crippen molar-refractivity contribution < 1.29 is 9.90 Å². The number of hydrogen-bond acceptors (Lipinski definition) is 8. The maximum atomic E-state index is 13.1. The number of carbonyl (C=O) groups is 1. The Hall–Kier alpha value is -3.40. The van der Waals surface area contributed by atoms with Gasteiger partial charge < -0.3 is 10.4 Å². The van der Waals surface area contributed by atoms with Gasteiger partial charge >= 0.3 is 0 Å². The van der Waals surface area contributed by atoms with Crippen molar-refractivity contribution in [1.29, 1.82) is 0 Å². The minimum atomic E-state index is -0.785. The number of aliphatic imine (C=N–C) groups is 1. The lowest BCUT2D eigenvalue weighted by atomic mass is 10.0. The summed E-state index contributed by atoms with van der Waals surface area (Å²) in [6.45, 7) is 3.97. The van der Waals surface area contributed by atoms with Gasteiger partial charge in [0.1, 0.15) is 10.7 Å². The number of pyridine rings is 2. The fourth-order valence-electron chi connectivity index (χ4n) is 3.26. The zero-order chi connectivity index (χ0) is 24.8. The molecule has 0 atom stereocenters. The first-order valence-electron chi connectivity index (χ1n) is 11.0. The molecular formula is C26H25N5O2S2. The van der Waals surface area contributed by atoms with Gasteiger partial charge in [-0.1, -0.05) is 6.07 Å². The molecule has 0 spiro atoms. The lowest BCUT2D eigenvalue weighted by molar-refractivity contribution is 0.0739. The fourth-order valence-corrected chi connectivity index (χ4v) is 4.30. The molecule has 3 aromatic heterocycles. The van der Waals surface area contributed by atoms with Crippen LogP contribution in [0.25, 0.3) is 21.7 Å². The van der Waals surface area contributed by atoms with Crippen LogP contribution in [-0.2, 0) is 0 Å². The van der Waals surface area contributed by atoms with E-state index in [0.29, 0.717) is 29.2 Å². The molecule has 4 aromatic rings. The average molecular weight is 504 g/mol. The highest BCUT2D eigenvalue weighted by Crippen LogP contribution is 2.33. The van der Waals surface area contributed by atoms with Gasteiger partial charge in [0.25, 0.3) is 5.91 Å². The number of thiol groups is 1. The molecule has 0 aliphatic rings. The van der Waals surface area contributed by atoms with Gasteiger partial charge in [-0.25, -0.2) is 4.98 Å². The maximum absolute atomic E-state index is 13.1. The lowest BCUT2D eigenvalue weighted by Crippen LogP contribution is -2.19. The first kappa shape index (κ1) is 24.7. The average Bonchev–Trinajstić information content (AvgIpc) is 3.34. The molecule has 0 unspecified atom stereocenters. The van der Waals surface area contributed by atoms with Gasteiger partial charge in [0.05, 0.1) is 5.60 Å². The molecule has 0 saturated carbocycles. The van der Waals surface area contributed by atoms with E-state index in [1.807, 2.05) is 36.4 Å². The number of anilines is 1. The second-order valence-corrected chi connectivity index (χ2v) is 9.87. The Kier molecular flexibility index (Phi) is 7.70. The van der Waals surface area contributed by atoms with Gasteiger partial charge in [-0.2, -0.15) is 0 Å². The third kappa shape index (κ3) is 6.60. The molecule has 7 nitrogen and oxygen atoms in total. The predicted octanol–water partition coefficient (Wildman–Crippen LogP) is 5.39. The van der Waals surface area contributed by atoms with Crippen molar-refractivity contribution in [3.63, 3.8) is 0 Å². The van der Waals surface area contributed by atoms with Crippen molar-refractivity contribution in [2.75, 3.05) is 11.9 Å². The number of benzene rings is 1. The quantitative estimate of drug-likeness (QED) is 0.221. The molecule has 35 heavy (non-hydrogen) atoms. The van der Waals surface area contributed by atoms with Gasteiger partial charge in [-0.3, -0.25) is 19.8 Å². The highest BCUT2D eigenvalue weighted by atomic mass is 32.1. The molecule has 1 amide bonds. The van der Waals surface area contributed by atoms with Crippen LogP contribution in [0.2, 0.25) is 0 Å². The second-order valence-electron chi connectivity index (χ2n) is 8.53. The smallest absolute Gasteiger partial charge is 0.275 e. The highest BCUT2D eigenvalue weighted by molar-refractivity contribution is 7.80. The van der Waals surface area contributed by atoms with E-state index in [2.05, 4.69) is 37.9 Å². The molecule has 3 heterocycles. The largest absolute Gasteiger partial charge is 0.390 e. The van der Waals surface area contributed by atoms with Gasteiger partial charge in [0.15, 0.2) is 0 Å². The number of thiazole rings is 1. The zero-order valence-corrected chi connectivity index (χ0v) is 21.1. The molecule has 178 valence electrons. The Morgan fingerprint density at radius 3 is 2.54 bits per heavy atom. The first-order valence-corrected chi connectivity index (χ1v) is 12.3. The van der Waals surface area contributed by atoms with Gasteiger partial charge in [-0.15, -0.1) is 24.0 Å². The number of aliphatic hydroxyl groups is 1. The van der Waals surface area contributed by atoms with Crippen LogP contribution in [0.1, 0.15) is 36.3 Å². The monoisotopic (exact) mass is 503 g/mol. The Balaban J connectivity index is 1.63. The van der Waals surface area contributed by atoms with Crippen LogP contribution in [0.4, 0.5) is 5.69 Å². The summed E-state index contributed by atoms with van der Waals surface area (Å²) in [4.78, 5) is 31.1. The number of nitrogens with one attached hydrogen (secondary N) is 1. The van der Waals surface area contributed by atoms with Crippen molar-refractivity contribution in [1.82, 2.24) is 15.0 Å². The van der Waals surface area contributed by atoms with Gasteiger partial charge in [0, 0.05) is 75.8 Å². The summed E-state index contributed by atoms with van der Waals surface area (Å²) < 4.78 is 0. The SMILES string of the molecule is CC(C)(O)CCN=Cc1cc(NC(=O)c2csc(-c3cccnc3)n2)c(-c2cccnc2)cc1S. The highest BCUT2D eigenvalue weighted by Gasteiger charge is 2.17. The van der Waals surface area contributed by atoms with E-state index in [-0.39, 0.29) is 5.91 Å². The lowest BCUT2D eigenvalue weighted by Gasteiger charge is -2.15.